The summed E-state index contributed by atoms with van der Waals surface area (Å²) in [4.78, 5) is 79.9. The molecule has 644 valence electrons. The Balaban J connectivity index is 0.000000148. The molecular formula is C85H101ClF7N21O7. The van der Waals surface area contributed by atoms with Crippen LogP contribution in [-0.4, -0.2) is 196 Å². The van der Waals surface area contributed by atoms with Crippen LogP contribution in [0.15, 0.2) is 156 Å². The third-order valence-corrected chi connectivity index (χ3v) is 22.8. The van der Waals surface area contributed by atoms with Gasteiger partial charge in [0.2, 0.25) is 11.4 Å². The van der Waals surface area contributed by atoms with Crippen LogP contribution in [0.2, 0.25) is 0 Å². The minimum atomic E-state index is -0.964. The predicted molar refractivity (Wildman–Crippen MR) is 437 cm³/mol. The molecule has 11 unspecified atom stereocenters. The van der Waals surface area contributed by atoms with E-state index in [-0.39, 0.29) is 108 Å². The van der Waals surface area contributed by atoms with Crippen molar-refractivity contribution >= 4 is 52.8 Å². The Hall–Kier alpha value is -11.4. The quantitative estimate of drug-likeness (QED) is 0.0305. The number of alkyl halides is 1. The summed E-state index contributed by atoms with van der Waals surface area (Å²) < 4.78 is 108. The average molecular weight is 1700 g/mol. The van der Waals surface area contributed by atoms with Gasteiger partial charge >= 0.3 is 12.1 Å². The van der Waals surface area contributed by atoms with Crippen molar-refractivity contribution in [1.29, 1.82) is 0 Å². The number of amides is 6. The smallest absolute Gasteiger partial charge is 0.320 e. The highest BCUT2D eigenvalue weighted by atomic mass is 35.5. The van der Waals surface area contributed by atoms with Crippen molar-refractivity contribution in [3.63, 3.8) is 0 Å². The van der Waals surface area contributed by atoms with Crippen LogP contribution in [-0.2, 0) is 27.3 Å². The highest BCUT2D eigenvalue weighted by Crippen LogP contribution is 2.42. The Morgan fingerprint density at radius 2 is 1.01 bits per heavy atom. The van der Waals surface area contributed by atoms with Crippen LogP contribution in [0, 0.1) is 81.3 Å². The number of benzene rings is 5. The molecule has 5 aliphatic heterocycles. The zero-order chi connectivity index (χ0) is 86.9. The standard InChI is InChI=1S/C21H27FN2O2.C18H20F2N4O.C16H19ClFN5O.C15H16F2N4O2.C15H19FN6O/c1-13(2)24-8-7-17(10-19(25)12-18-9-15(4)26-23-18)21(24)16-6-5-14(3)20(22)11-16;1-11-10-21-7-5-15(11)22-18(25)23-16-6-8-24(2)17(16)12-3-4-13(19)14(20)9-12;1-10-3-4-11(7-12(10)18)14-13(5-6-22(14)2)21-16(24)15(17)23-9-19-8-20-23;1-21-6-4-12(18-15(22)19-13-5-7-23-20-13)14(21)9-2-3-10(16)11(17)8-9;1-10-3-4-11(7-12(10)16)15-13(5-6-21(15)2)18-14(23)8-22-9-17-19-20-22/h5-6,9,11,13,17,21H,7-8,10,12H2,1-4H3;3-5,7,9-10,16-17H,6,8H2,1-2H3,(H2,21,22,23,25);3-4,7-9,13-15H,5-6H2,1-2H3,(H,21,24);2-3,5,7-8,12,14H,4,6H2,1H3,(H2,18,19,20,22);3-4,7,9,13,15H,5-6,8H2,1-2H3,(H,18,23). The maximum atomic E-state index is 14.1. The first-order valence-electron chi connectivity index (χ1n) is 39.8. The summed E-state index contributed by atoms with van der Waals surface area (Å²) in [6, 6.07) is 27.1. The summed E-state index contributed by atoms with van der Waals surface area (Å²) in [5.74, 6) is -3.31. The van der Waals surface area contributed by atoms with Crippen molar-refractivity contribution < 1.29 is 63.8 Å². The van der Waals surface area contributed by atoms with E-state index in [0.717, 1.165) is 92.8 Å². The second-order valence-corrected chi connectivity index (χ2v) is 31.8. The number of aryl methyl sites for hydroxylation is 5. The fourth-order valence-corrected chi connectivity index (χ4v) is 16.4. The van der Waals surface area contributed by atoms with E-state index in [1.54, 1.807) is 75.6 Å². The summed E-state index contributed by atoms with van der Waals surface area (Å²) in [6.07, 6.45) is 13.5. The Bertz CT molecular complexity index is 5010. The second-order valence-electron chi connectivity index (χ2n) is 31.4. The number of anilines is 2. The molecule has 0 aliphatic carbocycles. The van der Waals surface area contributed by atoms with Crippen molar-refractivity contribution in [2.75, 3.05) is 71.5 Å². The summed E-state index contributed by atoms with van der Waals surface area (Å²) in [5, 5.41) is 39.2. The molecule has 6 N–H and O–H groups in total. The normalized spacial score (nSPS) is 21.3. The van der Waals surface area contributed by atoms with Gasteiger partial charge < -0.3 is 35.6 Å². The molecule has 0 saturated carbocycles. The minimum Gasteiger partial charge on any atom is -0.363 e. The second kappa shape index (κ2) is 41.7. The number of likely N-dealkylation sites (tertiary alicyclic amines) is 5. The summed E-state index contributed by atoms with van der Waals surface area (Å²) in [5.41, 5.74) is 7.09. The van der Waals surface area contributed by atoms with E-state index in [1.165, 1.54) is 64.9 Å². The first kappa shape index (κ1) is 90.4. The lowest BCUT2D eigenvalue weighted by Gasteiger charge is -2.31. The number of nitrogens with zero attached hydrogens (tertiary/aromatic N) is 15. The van der Waals surface area contributed by atoms with E-state index >= 15 is 0 Å². The zero-order valence-electron chi connectivity index (χ0n) is 69.1. The van der Waals surface area contributed by atoms with Gasteiger partial charge in [-0.1, -0.05) is 70.4 Å². The number of urea groups is 2. The van der Waals surface area contributed by atoms with Gasteiger partial charge in [0.15, 0.2) is 29.1 Å². The number of hydrogen-bond donors (Lipinski definition) is 6. The Morgan fingerprint density at radius 1 is 0.521 bits per heavy atom. The lowest BCUT2D eigenvalue weighted by Crippen LogP contribution is -2.41. The van der Waals surface area contributed by atoms with Crippen LogP contribution in [0.1, 0.15) is 150 Å². The number of ketones is 1. The summed E-state index contributed by atoms with van der Waals surface area (Å²) in [7, 11) is 7.72. The summed E-state index contributed by atoms with van der Waals surface area (Å²) >= 11 is 6.13. The molecule has 0 bridgehead atoms. The molecule has 5 saturated heterocycles. The molecule has 15 rings (SSSR count). The average Bonchev–Trinajstić information content (AvgIpc) is 1.70. The van der Waals surface area contributed by atoms with Gasteiger partial charge in [-0.2, -0.15) is 5.10 Å². The number of carbonyl (C=O) groups is 5. The van der Waals surface area contributed by atoms with Gasteiger partial charge in [-0.15, -0.1) is 5.10 Å². The number of halogens is 8. The van der Waals surface area contributed by atoms with Gasteiger partial charge in [0, 0.05) is 87.0 Å². The maximum absolute atomic E-state index is 14.1. The van der Waals surface area contributed by atoms with E-state index in [2.05, 4.69) is 106 Å². The molecular weight excluding hydrogens is 1600 g/mol. The third kappa shape index (κ3) is 23.8. The first-order chi connectivity index (χ1) is 57.9. The largest absolute Gasteiger partial charge is 0.363 e. The number of hydrogen-bond acceptors (Lipinski definition) is 20. The van der Waals surface area contributed by atoms with Crippen molar-refractivity contribution in [3.05, 3.63) is 249 Å². The van der Waals surface area contributed by atoms with Gasteiger partial charge in [0.05, 0.1) is 48.4 Å². The SMILES string of the molecule is CN1CCC(NC(=O)Nc2ccon2)C1c1ccc(F)c(F)c1.Cc1cc(CC(=O)CC2CCN(C(C)C)C2c2ccc(C)c(F)c2)no1.Cc1ccc(C2C(NC(=O)C(Cl)n3cncn3)CCN2C)cc1F.Cc1ccc(C2C(NC(=O)Cn3cnnn3)CCN2C)cc1F.Cc1cnccc1NC(=O)NC1CCN(C)C1c1ccc(F)c(F)c1. The van der Waals surface area contributed by atoms with E-state index in [9.17, 15) is 54.7 Å². The molecule has 11 atom stereocenters. The van der Waals surface area contributed by atoms with Crippen LogP contribution < -0.4 is 31.9 Å². The van der Waals surface area contributed by atoms with Gasteiger partial charge in [-0.05, 0) is 230 Å². The molecule has 0 spiro atoms. The first-order valence-corrected chi connectivity index (χ1v) is 40.2. The molecule has 10 heterocycles. The molecule has 121 heavy (non-hydrogen) atoms. The van der Waals surface area contributed by atoms with Crippen molar-refractivity contribution in [2.24, 2.45) is 5.92 Å². The molecule has 5 fully saturated rings. The Kier molecular flexibility index (Phi) is 31.2. The van der Waals surface area contributed by atoms with Gasteiger partial charge in [-0.3, -0.25) is 49.2 Å². The van der Waals surface area contributed by atoms with Gasteiger partial charge in [0.1, 0.15) is 60.8 Å². The topological polar surface area (TPSA) is 313 Å². The zero-order valence-corrected chi connectivity index (χ0v) is 69.8. The number of rotatable bonds is 20. The van der Waals surface area contributed by atoms with Gasteiger partial charge in [0.25, 0.3) is 5.91 Å². The lowest BCUT2D eigenvalue weighted by molar-refractivity contribution is -0.123. The predicted octanol–water partition coefficient (Wildman–Crippen LogP) is 12.9. The number of pyridine rings is 1. The van der Waals surface area contributed by atoms with E-state index in [1.807, 2.05) is 76.1 Å². The molecule has 28 nitrogen and oxygen atoms in total. The number of tetrazole rings is 1. The van der Waals surface area contributed by atoms with Crippen LogP contribution in [0.5, 0.6) is 0 Å². The van der Waals surface area contributed by atoms with Crippen LogP contribution in [0.3, 0.4) is 0 Å². The van der Waals surface area contributed by atoms with Gasteiger partial charge in [-0.25, -0.2) is 54.7 Å². The Labute approximate surface area is 701 Å². The Morgan fingerprint density at radius 3 is 1.45 bits per heavy atom. The molecule has 5 aromatic carbocycles. The number of aromatic nitrogens is 10. The monoisotopic (exact) mass is 1700 g/mol. The number of Topliss-reactive ketones (excluding diaryl/α,β-unsaturated/α-hetero) is 1. The van der Waals surface area contributed by atoms with Crippen LogP contribution in [0.4, 0.5) is 51.8 Å². The summed E-state index contributed by atoms with van der Waals surface area (Å²) in [6.45, 7) is 17.4. The fourth-order valence-electron chi connectivity index (χ4n) is 16.2. The maximum Gasteiger partial charge on any atom is 0.320 e. The molecule has 5 aliphatic rings. The lowest BCUT2D eigenvalue weighted by atomic mass is 9.88. The number of likely N-dealkylation sites (N-methyl/N-ethyl adjacent to an activating group) is 4. The number of nitrogens with one attached hydrogen (secondary N) is 6. The molecule has 10 aromatic rings. The van der Waals surface area contributed by atoms with Crippen molar-refractivity contribution in [3.8, 4) is 0 Å². The van der Waals surface area contributed by atoms with Crippen molar-refractivity contribution in [2.45, 2.75) is 166 Å². The van der Waals surface area contributed by atoms with E-state index < -0.39 is 34.8 Å². The molecule has 5 aromatic heterocycles. The molecule has 36 heteroatoms. The molecule has 0 radical (unpaired) electrons. The molecule has 6 amide bonds. The van der Waals surface area contributed by atoms with E-state index in [0.29, 0.717) is 76.1 Å². The van der Waals surface area contributed by atoms with Crippen LogP contribution >= 0.6 is 11.6 Å². The van der Waals surface area contributed by atoms with E-state index in [4.69, 9.17) is 16.1 Å². The minimum absolute atomic E-state index is 0.0390. The fraction of sp³-hybridized carbons (Fsp3) is 0.424. The van der Waals surface area contributed by atoms with Crippen molar-refractivity contribution in [1.82, 2.24) is 96.0 Å². The van der Waals surface area contributed by atoms with Crippen LogP contribution in [0.25, 0.3) is 0 Å². The third-order valence-electron chi connectivity index (χ3n) is 22.4. The highest BCUT2D eigenvalue weighted by molar-refractivity contribution is 6.28. The number of carbonyl (C=O) groups excluding carboxylic acids is 5. The highest BCUT2D eigenvalue weighted by Gasteiger charge is 2.41.